The standard InChI is InChI=1S/C8H16ClN5/c1-4-10-8-12-7(9)11-5-14(8)13-6(2)3/h5-7,13H,4H2,1-3H3,(H,10,12). The van der Waals surface area contributed by atoms with E-state index >= 15 is 0 Å². The second-order valence-corrected chi connectivity index (χ2v) is 3.61. The second-order valence-electron chi connectivity index (χ2n) is 3.20. The molecule has 0 spiro atoms. The Labute approximate surface area is 89.2 Å². The molecule has 0 bridgehead atoms. The number of alkyl halides is 1. The summed E-state index contributed by atoms with van der Waals surface area (Å²) in [7, 11) is 0. The highest BCUT2D eigenvalue weighted by atomic mass is 35.5. The molecule has 0 saturated heterocycles. The monoisotopic (exact) mass is 217 g/mol. The molecular weight excluding hydrogens is 202 g/mol. The van der Waals surface area contributed by atoms with Crippen molar-refractivity contribution in [2.45, 2.75) is 32.4 Å². The first-order valence-electron chi connectivity index (χ1n) is 4.67. The Morgan fingerprint density at radius 2 is 2.50 bits per heavy atom. The Bertz CT molecular complexity index is 238. The van der Waals surface area contributed by atoms with Crippen molar-refractivity contribution in [3.05, 3.63) is 0 Å². The minimum Gasteiger partial charge on any atom is -0.320 e. The summed E-state index contributed by atoms with van der Waals surface area (Å²) in [5.74, 6) is 0.705. The van der Waals surface area contributed by atoms with E-state index in [0.717, 1.165) is 0 Å². The molecule has 0 aromatic rings. The maximum atomic E-state index is 5.80. The Morgan fingerprint density at radius 3 is 3.07 bits per heavy atom. The van der Waals surface area contributed by atoms with Crippen molar-refractivity contribution >= 4 is 23.9 Å². The Hall–Kier alpha value is -0.810. The lowest BCUT2D eigenvalue weighted by Crippen LogP contribution is -2.55. The molecule has 1 aliphatic heterocycles. The van der Waals surface area contributed by atoms with E-state index in [-0.39, 0.29) is 0 Å². The van der Waals surface area contributed by atoms with Crippen LogP contribution in [-0.4, -0.2) is 35.5 Å². The zero-order chi connectivity index (χ0) is 10.6. The van der Waals surface area contributed by atoms with Gasteiger partial charge in [0.25, 0.3) is 0 Å². The summed E-state index contributed by atoms with van der Waals surface area (Å²) in [4.78, 5) is 8.27. The molecule has 2 N–H and O–H groups in total. The van der Waals surface area contributed by atoms with Gasteiger partial charge in [0.1, 0.15) is 6.34 Å². The van der Waals surface area contributed by atoms with Crippen molar-refractivity contribution in [1.29, 1.82) is 0 Å². The molecule has 1 heterocycles. The van der Waals surface area contributed by atoms with E-state index in [9.17, 15) is 0 Å². The number of halogens is 1. The largest absolute Gasteiger partial charge is 0.320 e. The van der Waals surface area contributed by atoms with E-state index in [1.807, 2.05) is 20.8 Å². The number of nitrogens with one attached hydrogen (secondary N) is 2. The van der Waals surface area contributed by atoms with E-state index in [4.69, 9.17) is 11.6 Å². The third-order valence-electron chi connectivity index (χ3n) is 1.49. The molecule has 0 saturated carbocycles. The first-order chi connectivity index (χ1) is 6.63. The summed E-state index contributed by atoms with van der Waals surface area (Å²) >= 11 is 5.80. The van der Waals surface area contributed by atoms with Crippen molar-refractivity contribution in [2.24, 2.45) is 9.98 Å². The van der Waals surface area contributed by atoms with Crippen molar-refractivity contribution in [3.63, 3.8) is 0 Å². The lowest BCUT2D eigenvalue weighted by Gasteiger charge is -2.29. The minimum absolute atomic E-state index is 0.317. The highest BCUT2D eigenvalue weighted by Crippen LogP contribution is 2.00. The summed E-state index contributed by atoms with van der Waals surface area (Å²) in [6.07, 6.45) is 1.64. The smallest absolute Gasteiger partial charge is 0.216 e. The van der Waals surface area contributed by atoms with Crippen LogP contribution in [0.1, 0.15) is 20.8 Å². The number of hydrogen-bond donors (Lipinski definition) is 2. The first-order valence-corrected chi connectivity index (χ1v) is 5.11. The van der Waals surface area contributed by atoms with Gasteiger partial charge in [0.2, 0.25) is 5.96 Å². The quantitative estimate of drug-likeness (QED) is 0.542. The molecule has 5 nitrogen and oxygen atoms in total. The van der Waals surface area contributed by atoms with E-state index in [1.165, 1.54) is 0 Å². The molecule has 14 heavy (non-hydrogen) atoms. The third kappa shape index (κ3) is 3.16. The molecule has 1 rings (SSSR count). The SMILES string of the molecule is CCN=C1NC(Cl)N=CN1NC(C)C. The van der Waals surface area contributed by atoms with Crippen LogP contribution in [0.25, 0.3) is 0 Å². The normalized spacial score (nSPS) is 24.5. The Balaban J connectivity index is 2.69. The summed E-state index contributed by atoms with van der Waals surface area (Å²) in [6.45, 7) is 6.77. The molecule has 1 unspecified atom stereocenters. The zero-order valence-electron chi connectivity index (χ0n) is 8.66. The van der Waals surface area contributed by atoms with Crippen LogP contribution in [0, 0.1) is 0 Å². The van der Waals surface area contributed by atoms with Crippen LogP contribution < -0.4 is 10.7 Å². The van der Waals surface area contributed by atoms with Crippen LogP contribution in [0.2, 0.25) is 0 Å². The third-order valence-corrected chi connectivity index (χ3v) is 1.72. The van der Waals surface area contributed by atoms with Gasteiger partial charge >= 0.3 is 0 Å². The van der Waals surface area contributed by atoms with E-state index in [2.05, 4.69) is 20.7 Å². The summed E-state index contributed by atoms with van der Waals surface area (Å²) in [5, 5.41) is 4.70. The van der Waals surface area contributed by atoms with Crippen LogP contribution in [0.4, 0.5) is 0 Å². The van der Waals surface area contributed by atoms with Gasteiger partial charge in [-0.3, -0.25) is 4.99 Å². The average molecular weight is 218 g/mol. The fourth-order valence-corrected chi connectivity index (χ4v) is 1.19. The van der Waals surface area contributed by atoms with Crippen molar-refractivity contribution < 1.29 is 0 Å². The van der Waals surface area contributed by atoms with Crippen molar-refractivity contribution in [3.8, 4) is 0 Å². The number of hydrazine groups is 1. The van der Waals surface area contributed by atoms with Gasteiger partial charge in [0.05, 0.1) is 0 Å². The summed E-state index contributed by atoms with van der Waals surface area (Å²) in [6, 6.07) is 0.317. The van der Waals surface area contributed by atoms with Gasteiger partial charge in [-0.15, -0.1) is 0 Å². The molecule has 0 fully saturated rings. The second kappa shape index (κ2) is 5.17. The van der Waals surface area contributed by atoms with Gasteiger partial charge in [0.15, 0.2) is 5.62 Å². The van der Waals surface area contributed by atoms with Gasteiger partial charge in [-0.25, -0.2) is 15.4 Å². The number of rotatable bonds is 3. The highest BCUT2D eigenvalue weighted by molar-refractivity contribution is 6.22. The molecule has 0 aliphatic carbocycles. The van der Waals surface area contributed by atoms with Gasteiger partial charge in [-0.05, 0) is 20.8 Å². The van der Waals surface area contributed by atoms with E-state index in [0.29, 0.717) is 18.5 Å². The van der Waals surface area contributed by atoms with Crippen LogP contribution >= 0.6 is 11.6 Å². The molecule has 0 radical (unpaired) electrons. The van der Waals surface area contributed by atoms with Gasteiger partial charge in [0, 0.05) is 12.6 Å². The number of nitrogens with zero attached hydrogens (tertiary/aromatic N) is 3. The number of guanidine groups is 1. The van der Waals surface area contributed by atoms with Crippen molar-refractivity contribution in [2.75, 3.05) is 6.54 Å². The van der Waals surface area contributed by atoms with Crippen LogP contribution in [0.15, 0.2) is 9.98 Å². The highest BCUT2D eigenvalue weighted by Gasteiger charge is 2.17. The summed E-state index contributed by atoms with van der Waals surface area (Å²) < 4.78 is 0. The molecule has 1 atom stereocenters. The predicted octanol–water partition coefficient (Wildman–Crippen LogP) is 0.731. The zero-order valence-corrected chi connectivity index (χ0v) is 9.41. The fraction of sp³-hybridized carbons (Fsp3) is 0.750. The van der Waals surface area contributed by atoms with Crippen LogP contribution in [0.3, 0.4) is 0 Å². The maximum Gasteiger partial charge on any atom is 0.216 e. The fourth-order valence-electron chi connectivity index (χ4n) is 1.04. The van der Waals surface area contributed by atoms with Crippen molar-refractivity contribution in [1.82, 2.24) is 15.8 Å². The minimum atomic E-state index is -0.425. The topological polar surface area (TPSA) is 52.0 Å². The molecule has 1 aliphatic rings. The Morgan fingerprint density at radius 1 is 1.79 bits per heavy atom. The molecule has 0 aromatic heterocycles. The lowest BCUT2D eigenvalue weighted by molar-refractivity contribution is 0.377. The average Bonchev–Trinajstić information content (AvgIpc) is 2.09. The Kier molecular flexibility index (Phi) is 4.16. The first kappa shape index (κ1) is 11.3. The molecule has 0 aromatic carbocycles. The van der Waals surface area contributed by atoms with Gasteiger partial charge in [-0.1, -0.05) is 11.6 Å². The number of hydrogen-bond acceptors (Lipinski definition) is 3. The van der Waals surface area contributed by atoms with Crippen LogP contribution in [-0.2, 0) is 0 Å². The molecular formula is C8H16ClN5. The van der Waals surface area contributed by atoms with Gasteiger partial charge in [-0.2, -0.15) is 0 Å². The predicted molar refractivity (Wildman–Crippen MR) is 59.4 cm³/mol. The number of aliphatic imine (C=N–C) groups is 2. The van der Waals surface area contributed by atoms with Crippen LogP contribution in [0.5, 0.6) is 0 Å². The van der Waals surface area contributed by atoms with Gasteiger partial charge < -0.3 is 5.32 Å². The molecule has 0 amide bonds. The van der Waals surface area contributed by atoms with E-state index in [1.54, 1.807) is 11.3 Å². The lowest BCUT2D eigenvalue weighted by atomic mass is 10.4. The van der Waals surface area contributed by atoms with E-state index < -0.39 is 5.62 Å². The summed E-state index contributed by atoms with van der Waals surface area (Å²) in [5.41, 5.74) is 2.74. The molecule has 6 heteroatoms. The maximum absolute atomic E-state index is 5.80. The molecule has 80 valence electrons.